The quantitative estimate of drug-likeness (QED) is 0.391. The Kier molecular flexibility index (Phi) is 7.11. The highest BCUT2D eigenvalue weighted by atomic mass is 16.5. The van der Waals surface area contributed by atoms with Crippen molar-refractivity contribution in [3.63, 3.8) is 0 Å². The number of methoxy groups -OCH3 is 3. The van der Waals surface area contributed by atoms with Crippen LogP contribution in [0.15, 0.2) is 77.9 Å². The first kappa shape index (κ1) is 20.3. The molecule has 0 aliphatic rings. The van der Waals surface area contributed by atoms with Crippen LogP contribution in [0.1, 0.15) is 16.7 Å². The molecule has 3 aromatic carbocycles. The molecule has 0 aromatic heterocycles. The van der Waals surface area contributed by atoms with Crippen molar-refractivity contribution in [1.82, 2.24) is 5.01 Å². The van der Waals surface area contributed by atoms with Gasteiger partial charge in [-0.15, -0.1) is 0 Å². The van der Waals surface area contributed by atoms with Crippen molar-refractivity contribution in [3.05, 3.63) is 89.5 Å². The molecule has 0 N–H and O–H groups in total. The molecule has 3 rings (SSSR count). The van der Waals surface area contributed by atoms with Crippen molar-refractivity contribution in [1.29, 1.82) is 0 Å². The average molecular weight is 390 g/mol. The van der Waals surface area contributed by atoms with E-state index in [2.05, 4.69) is 24.3 Å². The second-order valence-corrected chi connectivity index (χ2v) is 6.46. The molecule has 0 aliphatic heterocycles. The minimum atomic E-state index is 0.552. The molecule has 29 heavy (non-hydrogen) atoms. The Hall–Kier alpha value is -3.47. The third-order valence-corrected chi connectivity index (χ3v) is 4.51. The van der Waals surface area contributed by atoms with E-state index in [-0.39, 0.29) is 0 Å². The van der Waals surface area contributed by atoms with E-state index in [0.29, 0.717) is 30.3 Å². The van der Waals surface area contributed by atoms with Crippen LogP contribution in [0.25, 0.3) is 0 Å². The zero-order valence-corrected chi connectivity index (χ0v) is 17.0. The minimum absolute atomic E-state index is 0.552. The summed E-state index contributed by atoms with van der Waals surface area (Å²) < 4.78 is 16.4. The third kappa shape index (κ3) is 5.29. The molecule has 3 aromatic rings. The molecule has 0 radical (unpaired) electrons. The van der Waals surface area contributed by atoms with E-state index in [1.54, 1.807) is 27.5 Å². The summed E-state index contributed by atoms with van der Waals surface area (Å²) in [5.41, 5.74) is 3.20. The highest BCUT2D eigenvalue weighted by molar-refractivity contribution is 5.86. The second kappa shape index (κ2) is 10.2. The van der Waals surface area contributed by atoms with Gasteiger partial charge in [-0.2, -0.15) is 5.10 Å². The molecular weight excluding hydrogens is 364 g/mol. The lowest BCUT2D eigenvalue weighted by Crippen LogP contribution is -2.17. The normalized spacial score (nSPS) is 10.7. The Morgan fingerprint density at radius 2 is 1.24 bits per heavy atom. The molecule has 0 bridgehead atoms. The lowest BCUT2D eigenvalue weighted by Gasteiger charge is -2.20. The fourth-order valence-electron chi connectivity index (χ4n) is 3.10. The maximum absolute atomic E-state index is 5.56. The fraction of sp³-hybridized carbons (Fsp3) is 0.208. The number of nitrogens with zero attached hydrogens (tertiary/aromatic N) is 2. The summed E-state index contributed by atoms with van der Waals surface area (Å²) >= 11 is 0. The number of hydrazone groups is 1. The fourth-order valence-corrected chi connectivity index (χ4v) is 3.10. The van der Waals surface area contributed by atoms with E-state index >= 15 is 0 Å². The van der Waals surface area contributed by atoms with E-state index < -0.39 is 0 Å². The maximum atomic E-state index is 5.56. The molecule has 0 saturated heterocycles. The van der Waals surface area contributed by atoms with Gasteiger partial charge in [0.25, 0.3) is 0 Å². The summed E-state index contributed by atoms with van der Waals surface area (Å²) in [6.07, 6.45) is 1.80. The van der Waals surface area contributed by atoms with Gasteiger partial charge in [-0.25, -0.2) is 0 Å². The molecule has 0 fully saturated rings. The van der Waals surface area contributed by atoms with Crippen LogP contribution in [-0.4, -0.2) is 32.6 Å². The van der Waals surface area contributed by atoms with Crippen LogP contribution in [0.2, 0.25) is 0 Å². The van der Waals surface area contributed by atoms with Gasteiger partial charge in [0.05, 0.1) is 40.6 Å². The van der Waals surface area contributed by atoms with E-state index in [0.717, 1.165) is 5.56 Å². The van der Waals surface area contributed by atoms with Gasteiger partial charge in [0, 0.05) is 5.56 Å². The van der Waals surface area contributed by atoms with Crippen LogP contribution >= 0.6 is 0 Å². The van der Waals surface area contributed by atoms with Crippen LogP contribution in [0.4, 0.5) is 0 Å². The van der Waals surface area contributed by atoms with Crippen LogP contribution in [0.3, 0.4) is 0 Å². The Labute approximate surface area is 172 Å². The first-order chi connectivity index (χ1) is 14.2. The minimum Gasteiger partial charge on any atom is -0.493 e. The highest BCUT2D eigenvalue weighted by Crippen LogP contribution is 2.39. The van der Waals surface area contributed by atoms with Gasteiger partial charge >= 0.3 is 0 Å². The largest absolute Gasteiger partial charge is 0.493 e. The predicted octanol–water partition coefficient (Wildman–Crippen LogP) is 4.75. The van der Waals surface area contributed by atoms with Gasteiger partial charge in [-0.05, 0) is 23.3 Å². The number of hydrogen-bond acceptors (Lipinski definition) is 5. The van der Waals surface area contributed by atoms with Crippen LogP contribution in [-0.2, 0) is 13.1 Å². The summed E-state index contributed by atoms with van der Waals surface area (Å²) in [7, 11) is 4.81. The first-order valence-electron chi connectivity index (χ1n) is 9.41. The maximum Gasteiger partial charge on any atom is 0.203 e. The molecule has 150 valence electrons. The molecular formula is C24H26N2O3. The molecule has 0 unspecified atom stereocenters. The number of hydrogen-bond donors (Lipinski definition) is 0. The van der Waals surface area contributed by atoms with Gasteiger partial charge in [0.15, 0.2) is 11.5 Å². The second-order valence-electron chi connectivity index (χ2n) is 6.46. The van der Waals surface area contributed by atoms with Gasteiger partial charge < -0.3 is 14.2 Å². The van der Waals surface area contributed by atoms with Crippen LogP contribution < -0.4 is 14.2 Å². The Morgan fingerprint density at radius 1 is 0.690 bits per heavy atom. The monoisotopic (exact) mass is 390 g/mol. The highest BCUT2D eigenvalue weighted by Gasteiger charge is 2.15. The summed E-state index contributed by atoms with van der Waals surface area (Å²) in [6, 6.07) is 24.4. The molecule has 5 nitrogen and oxygen atoms in total. The van der Waals surface area contributed by atoms with Crippen molar-refractivity contribution >= 4 is 6.21 Å². The van der Waals surface area contributed by atoms with Gasteiger partial charge in [0.1, 0.15) is 0 Å². The van der Waals surface area contributed by atoms with Gasteiger partial charge in [-0.3, -0.25) is 5.01 Å². The molecule has 0 spiro atoms. The van der Waals surface area contributed by atoms with E-state index in [9.17, 15) is 0 Å². The number of rotatable bonds is 9. The molecule has 0 heterocycles. The Bertz CT molecular complexity index is 886. The van der Waals surface area contributed by atoms with Crippen molar-refractivity contribution < 1.29 is 14.2 Å². The zero-order chi connectivity index (χ0) is 20.5. The molecule has 0 atom stereocenters. The van der Waals surface area contributed by atoms with E-state index in [1.165, 1.54) is 11.1 Å². The molecule has 5 heteroatoms. The lowest BCUT2D eigenvalue weighted by atomic mass is 10.2. The summed E-state index contributed by atoms with van der Waals surface area (Å²) in [4.78, 5) is 0. The third-order valence-electron chi connectivity index (χ3n) is 4.51. The van der Waals surface area contributed by atoms with Crippen molar-refractivity contribution in [3.8, 4) is 17.2 Å². The van der Waals surface area contributed by atoms with E-state index in [1.807, 2.05) is 53.5 Å². The van der Waals surface area contributed by atoms with Crippen molar-refractivity contribution in [2.75, 3.05) is 21.3 Å². The Morgan fingerprint density at radius 3 is 1.72 bits per heavy atom. The van der Waals surface area contributed by atoms with Crippen molar-refractivity contribution in [2.45, 2.75) is 13.1 Å². The SMILES string of the molecule is COc1ccc(/C=N\N(Cc2ccccc2)Cc2ccccc2)c(OC)c1OC. The molecule has 0 amide bonds. The average Bonchev–Trinajstić information content (AvgIpc) is 2.78. The van der Waals surface area contributed by atoms with Crippen LogP contribution in [0, 0.1) is 0 Å². The van der Waals surface area contributed by atoms with Gasteiger partial charge in [-0.1, -0.05) is 60.7 Å². The zero-order valence-electron chi connectivity index (χ0n) is 17.0. The predicted molar refractivity (Wildman–Crippen MR) is 116 cm³/mol. The first-order valence-corrected chi connectivity index (χ1v) is 9.41. The summed E-state index contributed by atoms with van der Waals surface area (Å²) in [5, 5.41) is 6.78. The molecule has 0 aliphatic carbocycles. The van der Waals surface area contributed by atoms with Crippen molar-refractivity contribution in [2.24, 2.45) is 5.10 Å². The smallest absolute Gasteiger partial charge is 0.203 e. The van der Waals surface area contributed by atoms with Crippen LogP contribution in [0.5, 0.6) is 17.2 Å². The van der Waals surface area contributed by atoms with Gasteiger partial charge in [0.2, 0.25) is 5.75 Å². The Balaban J connectivity index is 1.89. The lowest BCUT2D eigenvalue weighted by molar-refractivity contribution is 0.272. The standard InChI is InChI=1S/C24H26N2O3/c1-27-22-15-14-21(23(28-2)24(22)29-3)16-25-26(17-19-10-6-4-7-11-19)18-20-12-8-5-9-13-20/h4-16H,17-18H2,1-3H3/b25-16-. The summed E-state index contributed by atoms with van der Waals surface area (Å²) in [5.74, 6) is 1.76. The summed E-state index contributed by atoms with van der Waals surface area (Å²) in [6.45, 7) is 1.39. The number of ether oxygens (including phenoxy) is 3. The van der Waals surface area contributed by atoms with E-state index in [4.69, 9.17) is 19.3 Å². The molecule has 0 saturated carbocycles. The number of benzene rings is 3. The topological polar surface area (TPSA) is 43.3 Å².